The van der Waals surface area contributed by atoms with Crippen molar-refractivity contribution in [2.24, 2.45) is 5.92 Å². The third kappa shape index (κ3) is 3.50. The van der Waals surface area contributed by atoms with Gasteiger partial charge in [-0.3, -0.25) is 4.79 Å². The first-order valence-electron chi connectivity index (χ1n) is 7.30. The largest absolute Gasteiger partial charge is 0.357 e. The van der Waals surface area contributed by atoms with E-state index in [-0.39, 0.29) is 11.7 Å². The molecule has 5 heteroatoms. The number of rotatable bonds is 3. The van der Waals surface area contributed by atoms with Crippen LogP contribution in [0, 0.1) is 5.92 Å². The lowest BCUT2D eigenvalue weighted by molar-refractivity contribution is 0.0900. The molecule has 1 aromatic heterocycles. The van der Waals surface area contributed by atoms with Gasteiger partial charge < -0.3 is 4.90 Å². The molecule has 0 unspecified atom stereocenters. The van der Waals surface area contributed by atoms with Crippen molar-refractivity contribution >= 4 is 39.1 Å². The van der Waals surface area contributed by atoms with E-state index >= 15 is 0 Å². The van der Waals surface area contributed by atoms with Crippen molar-refractivity contribution in [1.29, 1.82) is 0 Å². The van der Waals surface area contributed by atoms with E-state index in [2.05, 4.69) is 25.8 Å². The summed E-state index contributed by atoms with van der Waals surface area (Å²) in [4.78, 5) is 19.2. The first kappa shape index (κ1) is 15.5. The molecule has 114 valence electrons. The Kier molecular flexibility index (Phi) is 4.79. The van der Waals surface area contributed by atoms with Crippen LogP contribution in [0.5, 0.6) is 0 Å². The Bertz CT molecular complexity index is 649. The minimum absolute atomic E-state index is 0.0906. The number of piperidine rings is 1. The van der Waals surface area contributed by atoms with Gasteiger partial charge in [0.2, 0.25) is 0 Å². The lowest BCUT2D eigenvalue weighted by Crippen LogP contribution is -2.36. The predicted molar refractivity (Wildman–Crippen MR) is 92.7 cm³/mol. The van der Waals surface area contributed by atoms with Gasteiger partial charge in [0.15, 0.2) is 5.78 Å². The third-order valence-corrected chi connectivity index (χ3v) is 4.75. The van der Waals surface area contributed by atoms with Crippen LogP contribution in [0.4, 0.5) is 5.82 Å². The molecule has 1 fully saturated rings. The number of carbonyl (C=O) groups excluding carboxylic acids is 1. The average Bonchev–Trinajstić information content (AvgIpc) is 2.56. The Morgan fingerprint density at radius 3 is 2.41 bits per heavy atom. The highest BCUT2D eigenvalue weighted by Gasteiger charge is 2.26. The van der Waals surface area contributed by atoms with Gasteiger partial charge in [0, 0.05) is 40.3 Å². The highest BCUT2D eigenvalue weighted by atomic mass is 79.9. The molecule has 1 saturated heterocycles. The molecular weight excluding hydrogens is 364 g/mol. The van der Waals surface area contributed by atoms with Crippen LogP contribution in [-0.2, 0) is 0 Å². The summed E-state index contributed by atoms with van der Waals surface area (Å²) < 4.78 is 0.976. The van der Waals surface area contributed by atoms with E-state index in [0.717, 1.165) is 41.8 Å². The van der Waals surface area contributed by atoms with Crippen molar-refractivity contribution < 1.29 is 4.79 Å². The summed E-state index contributed by atoms with van der Waals surface area (Å²) in [6, 6.07) is 11.2. The van der Waals surface area contributed by atoms with Gasteiger partial charge in [0.25, 0.3) is 0 Å². The van der Waals surface area contributed by atoms with E-state index in [1.165, 1.54) is 0 Å². The molecule has 0 atom stereocenters. The Balaban J connectivity index is 1.62. The number of halogens is 2. The number of anilines is 1. The van der Waals surface area contributed by atoms with Gasteiger partial charge >= 0.3 is 0 Å². The monoisotopic (exact) mass is 378 g/mol. The molecule has 0 bridgehead atoms. The van der Waals surface area contributed by atoms with E-state index in [4.69, 9.17) is 11.6 Å². The maximum absolute atomic E-state index is 12.5. The second-order valence-electron chi connectivity index (χ2n) is 5.47. The number of hydrogen-bond acceptors (Lipinski definition) is 3. The first-order chi connectivity index (χ1) is 10.6. The first-order valence-corrected chi connectivity index (χ1v) is 8.47. The highest BCUT2D eigenvalue weighted by Crippen LogP contribution is 2.25. The lowest BCUT2D eigenvalue weighted by Gasteiger charge is -2.32. The maximum Gasteiger partial charge on any atom is 0.166 e. The van der Waals surface area contributed by atoms with E-state index in [1.807, 2.05) is 24.3 Å². The van der Waals surface area contributed by atoms with E-state index in [0.29, 0.717) is 5.02 Å². The minimum Gasteiger partial charge on any atom is -0.357 e. The average molecular weight is 380 g/mol. The van der Waals surface area contributed by atoms with Gasteiger partial charge in [-0.25, -0.2) is 4.98 Å². The van der Waals surface area contributed by atoms with Crippen LogP contribution in [-0.4, -0.2) is 23.9 Å². The lowest BCUT2D eigenvalue weighted by atomic mass is 9.89. The Morgan fingerprint density at radius 2 is 1.82 bits per heavy atom. The fourth-order valence-electron chi connectivity index (χ4n) is 2.78. The number of Topliss-reactive ketones (excluding diaryl/α,β-unsaturated/α-hetero) is 1. The molecular formula is C17H16BrClN2O. The summed E-state index contributed by atoms with van der Waals surface area (Å²) in [5.41, 5.74) is 0.754. The topological polar surface area (TPSA) is 33.2 Å². The smallest absolute Gasteiger partial charge is 0.166 e. The SMILES string of the molecule is O=C(c1ccc(Cl)cc1)C1CCN(c2ccc(Br)cn2)CC1. The maximum atomic E-state index is 12.5. The fraction of sp³-hybridized carbons (Fsp3) is 0.294. The van der Waals surface area contributed by atoms with E-state index in [1.54, 1.807) is 18.3 Å². The molecule has 0 N–H and O–H groups in total. The van der Waals surface area contributed by atoms with Crippen molar-refractivity contribution in [3.8, 4) is 0 Å². The molecule has 0 spiro atoms. The van der Waals surface area contributed by atoms with E-state index in [9.17, 15) is 4.79 Å². The zero-order valence-corrected chi connectivity index (χ0v) is 14.3. The zero-order chi connectivity index (χ0) is 15.5. The second-order valence-corrected chi connectivity index (χ2v) is 6.82. The van der Waals surface area contributed by atoms with Crippen LogP contribution >= 0.6 is 27.5 Å². The Hall–Kier alpha value is -1.39. The molecule has 22 heavy (non-hydrogen) atoms. The zero-order valence-electron chi connectivity index (χ0n) is 12.0. The third-order valence-electron chi connectivity index (χ3n) is 4.03. The summed E-state index contributed by atoms with van der Waals surface area (Å²) in [6.07, 6.45) is 3.53. The van der Waals surface area contributed by atoms with Crippen LogP contribution in [0.3, 0.4) is 0 Å². The summed E-state index contributed by atoms with van der Waals surface area (Å²) >= 11 is 9.27. The minimum atomic E-state index is 0.0906. The molecule has 2 heterocycles. The van der Waals surface area contributed by atoms with Gasteiger partial charge in [-0.15, -0.1) is 0 Å². The van der Waals surface area contributed by atoms with Gasteiger partial charge in [0.05, 0.1) is 0 Å². The number of aromatic nitrogens is 1. The van der Waals surface area contributed by atoms with Gasteiger partial charge in [0.1, 0.15) is 5.82 Å². The molecule has 2 aromatic rings. The van der Waals surface area contributed by atoms with Crippen molar-refractivity contribution in [2.75, 3.05) is 18.0 Å². The van der Waals surface area contributed by atoms with Gasteiger partial charge in [-0.1, -0.05) is 11.6 Å². The Morgan fingerprint density at radius 1 is 1.14 bits per heavy atom. The molecule has 0 saturated carbocycles. The highest BCUT2D eigenvalue weighted by molar-refractivity contribution is 9.10. The summed E-state index contributed by atoms with van der Waals surface area (Å²) in [5, 5.41) is 0.660. The van der Waals surface area contributed by atoms with Crippen LogP contribution in [0.15, 0.2) is 47.1 Å². The number of benzene rings is 1. The molecule has 1 aromatic carbocycles. The van der Waals surface area contributed by atoms with Crippen LogP contribution in [0.1, 0.15) is 23.2 Å². The second kappa shape index (κ2) is 6.80. The predicted octanol–water partition coefficient (Wildman–Crippen LogP) is 4.60. The molecule has 3 nitrogen and oxygen atoms in total. The molecule has 1 aliphatic heterocycles. The molecule has 0 amide bonds. The number of hydrogen-bond donors (Lipinski definition) is 0. The van der Waals surface area contributed by atoms with Crippen LogP contribution in [0.2, 0.25) is 5.02 Å². The van der Waals surface area contributed by atoms with Crippen LogP contribution < -0.4 is 4.90 Å². The van der Waals surface area contributed by atoms with Gasteiger partial charge in [-0.2, -0.15) is 0 Å². The van der Waals surface area contributed by atoms with Crippen LogP contribution in [0.25, 0.3) is 0 Å². The molecule has 3 rings (SSSR count). The number of pyridine rings is 1. The number of nitrogens with zero attached hydrogens (tertiary/aromatic N) is 2. The van der Waals surface area contributed by atoms with Crippen molar-refractivity contribution in [2.45, 2.75) is 12.8 Å². The van der Waals surface area contributed by atoms with Crippen molar-refractivity contribution in [1.82, 2.24) is 4.98 Å². The molecule has 0 radical (unpaired) electrons. The Labute approximate surface area is 143 Å². The van der Waals surface area contributed by atoms with E-state index < -0.39 is 0 Å². The fourth-order valence-corrected chi connectivity index (χ4v) is 3.14. The summed E-state index contributed by atoms with van der Waals surface area (Å²) in [6.45, 7) is 1.72. The summed E-state index contributed by atoms with van der Waals surface area (Å²) in [7, 11) is 0. The summed E-state index contributed by atoms with van der Waals surface area (Å²) in [5.74, 6) is 1.29. The van der Waals surface area contributed by atoms with Crippen molar-refractivity contribution in [3.63, 3.8) is 0 Å². The normalized spacial score (nSPS) is 15.8. The molecule has 1 aliphatic rings. The molecule has 0 aliphatic carbocycles. The van der Waals surface area contributed by atoms with Crippen molar-refractivity contribution in [3.05, 3.63) is 57.7 Å². The quantitative estimate of drug-likeness (QED) is 0.731. The number of ketones is 1. The standard InChI is InChI=1S/C17H16BrClN2O/c18-14-3-6-16(20-11-14)21-9-7-13(8-10-21)17(22)12-1-4-15(19)5-2-12/h1-6,11,13H,7-10H2. The number of carbonyl (C=O) groups is 1. The van der Waals surface area contributed by atoms with Gasteiger partial charge in [-0.05, 0) is 65.2 Å².